The van der Waals surface area contributed by atoms with E-state index in [1.165, 1.54) is 0 Å². The number of aliphatic hydroxyl groups is 4. The molecule has 0 bridgehead atoms. The molecule has 6 N–H and O–H groups in total. The second-order valence-electron chi connectivity index (χ2n) is 8.02. The van der Waals surface area contributed by atoms with Crippen molar-refractivity contribution in [2.24, 2.45) is 5.41 Å². The van der Waals surface area contributed by atoms with E-state index in [-0.39, 0.29) is 17.8 Å². The van der Waals surface area contributed by atoms with E-state index in [1.54, 1.807) is 0 Å². The van der Waals surface area contributed by atoms with Crippen molar-refractivity contribution in [3.63, 3.8) is 0 Å². The van der Waals surface area contributed by atoms with Crippen molar-refractivity contribution >= 4 is 18.3 Å². The monoisotopic (exact) mass is 354 g/mol. The van der Waals surface area contributed by atoms with Crippen LogP contribution in [0.15, 0.2) is 0 Å². The molecule has 5 atom stereocenters. The molecule has 1 saturated heterocycles. The number of aliphatic hydroxyl groups excluding tert-OH is 4. The molecule has 0 radical (unpaired) electrons. The SMILES string of the molecule is CC(C)(C)CC(C)(C)NC(=O)[C@@H]1N[C@@H](CO)[C@@H](O)[C@H](O)[C@H]1O.Cl. The van der Waals surface area contributed by atoms with Crippen molar-refractivity contribution in [2.75, 3.05) is 6.61 Å². The number of amides is 1. The summed E-state index contributed by atoms with van der Waals surface area (Å²) in [4.78, 5) is 12.4. The molecule has 1 amide bonds. The van der Waals surface area contributed by atoms with E-state index in [1.807, 2.05) is 13.8 Å². The Morgan fingerprint density at radius 2 is 1.57 bits per heavy atom. The van der Waals surface area contributed by atoms with Crippen LogP contribution in [0.5, 0.6) is 0 Å². The third-order valence-corrected chi connectivity index (χ3v) is 3.76. The molecule has 1 aliphatic heterocycles. The first-order chi connectivity index (χ1) is 9.88. The minimum Gasteiger partial charge on any atom is -0.395 e. The van der Waals surface area contributed by atoms with Gasteiger partial charge in [0.25, 0.3) is 0 Å². The Morgan fingerprint density at radius 1 is 1.04 bits per heavy atom. The standard InChI is InChI=1S/C15H30N2O5.ClH/c1-14(2,3)7-15(4,5)17-13(22)9-11(20)12(21)10(19)8(6-18)16-9;/h8-12,16,18-21H,6-7H2,1-5H3,(H,17,22);1H/t8-,9+,10+,11-,12-;/m0./s1. The van der Waals surface area contributed by atoms with Gasteiger partial charge in [-0.25, -0.2) is 0 Å². The lowest BCUT2D eigenvalue weighted by atomic mass is 9.81. The number of hydrogen-bond acceptors (Lipinski definition) is 6. The highest BCUT2D eigenvalue weighted by Gasteiger charge is 2.45. The summed E-state index contributed by atoms with van der Waals surface area (Å²) in [7, 11) is 0. The highest BCUT2D eigenvalue weighted by molar-refractivity contribution is 5.85. The highest BCUT2D eigenvalue weighted by Crippen LogP contribution is 2.27. The van der Waals surface area contributed by atoms with Crippen LogP contribution < -0.4 is 10.6 Å². The second kappa shape index (κ2) is 8.09. The van der Waals surface area contributed by atoms with E-state index in [4.69, 9.17) is 0 Å². The molecule has 1 aliphatic rings. The van der Waals surface area contributed by atoms with Gasteiger partial charge in [0.15, 0.2) is 0 Å². The molecule has 0 unspecified atom stereocenters. The fourth-order valence-corrected chi connectivity index (χ4v) is 3.24. The topological polar surface area (TPSA) is 122 Å². The van der Waals surface area contributed by atoms with E-state index < -0.39 is 48.4 Å². The summed E-state index contributed by atoms with van der Waals surface area (Å²) < 4.78 is 0. The molecule has 7 nitrogen and oxygen atoms in total. The van der Waals surface area contributed by atoms with E-state index in [0.717, 1.165) is 6.42 Å². The molecule has 138 valence electrons. The van der Waals surface area contributed by atoms with Gasteiger partial charge >= 0.3 is 0 Å². The van der Waals surface area contributed by atoms with Gasteiger partial charge in [0.05, 0.1) is 12.6 Å². The van der Waals surface area contributed by atoms with Gasteiger partial charge in [0.2, 0.25) is 5.91 Å². The smallest absolute Gasteiger partial charge is 0.240 e. The molecule has 0 spiro atoms. The van der Waals surface area contributed by atoms with Crippen LogP contribution in [0, 0.1) is 5.41 Å². The summed E-state index contributed by atoms with van der Waals surface area (Å²) in [5, 5.41) is 44.3. The predicted molar refractivity (Wildman–Crippen MR) is 89.4 cm³/mol. The Labute approximate surface area is 143 Å². The zero-order valence-electron chi connectivity index (χ0n) is 14.4. The van der Waals surface area contributed by atoms with Crippen LogP contribution >= 0.6 is 12.4 Å². The third kappa shape index (κ3) is 6.17. The largest absolute Gasteiger partial charge is 0.395 e. The molecule has 0 aromatic carbocycles. The molecule has 23 heavy (non-hydrogen) atoms. The van der Waals surface area contributed by atoms with E-state index in [0.29, 0.717) is 0 Å². The minimum atomic E-state index is -1.49. The molecule has 1 rings (SSSR count). The summed E-state index contributed by atoms with van der Waals surface area (Å²) >= 11 is 0. The first-order valence-corrected chi connectivity index (χ1v) is 7.61. The van der Waals surface area contributed by atoms with Gasteiger partial charge in [-0.1, -0.05) is 20.8 Å². The second-order valence-corrected chi connectivity index (χ2v) is 8.02. The Kier molecular flexibility index (Phi) is 7.94. The van der Waals surface area contributed by atoms with Crippen LogP contribution in [0.1, 0.15) is 41.0 Å². The number of rotatable bonds is 4. The van der Waals surface area contributed by atoms with Crippen molar-refractivity contribution in [1.29, 1.82) is 0 Å². The van der Waals surface area contributed by atoms with Crippen LogP contribution in [-0.4, -0.2) is 68.9 Å². The van der Waals surface area contributed by atoms with Crippen LogP contribution in [0.3, 0.4) is 0 Å². The maximum absolute atomic E-state index is 12.4. The Bertz CT molecular complexity index is 398. The van der Waals surface area contributed by atoms with Crippen LogP contribution in [0.25, 0.3) is 0 Å². The lowest BCUT2D eigenvalue weighted by Crippen LogP contribution is -2.70. The van der Waals surface area contributed by atoms with Gasteiger partial charge < -0.3 is 25.7 Å². The van der Waals surface area contributed by atoms with E-state index in [9.17, 15) is 25.2 Å². The molecule has 1 heterocycles. The van der Waals surface area contributed by atoms with Gasteiger partial charge in [-0.2, -0.15) is 0 Å². The Hall–Kier alpha value is -0.440. The maximum atomic E-state index is 12.4. The zero-order valence-corrected chi connectivity index (χ0v) is 15.2. The average molecular weight is 355 g/mol. The highest BCUT2D eigenvalue weighted by atomic mass is 35.5. The first-order valence-electron chi connectivity index (χ1n) is 7.61. The van der Waals surface area contributed by atoms with Gasteiger partial charge in [-0.15, -0.1) is 12.4 Å². The van der Waals surface area contributed by atoms with Crippen molar-refractivity contribution in [2.45, 2.75) is 77.0 Å². The molecule has 0 aliphatic carbocycles. The van der Waals surface area contributed by atoms with Crippen molar-refractivity contribution in [1.82, 2.24) is 10.6 Å². The van der Waals surface area contributed by atoms with Gasteiger partial charge in [-0.05, 0) is 25.7 Å². The maximum Gasteiger partial charge on any atom is 0.240 e. The molecular formula is C15H31ClN2O5. The summed E-state index contributed by atoms with van der Waals surface area (Å²) in [5.74, 6) is -0.467. The van der Waals surface area contributed by atoms with E-state index in [2.05, 4.69) is 31.4 Å². The minimum absolute atomic E-state index is 0. The lowest BCUT2D eigenvalue weighted by Gasteiger charge is -2.42. The molecule has 8 heteroatoms. The number of halogens is 1. The molecule has 1 fully saturated rings. The zero-order chi connectivity index (χ0) is 17.3. The molecule has 0 aromatic rings. The summed E-state index contributed by atoms with van der Waals surface area (Å²) in [6.45, 7) is 9.53. The van der Waals surface area contributed by atoms with Gasteiger partial charge in [0, 0.05) is 5.54 Å². The van der Waals surface area contributed by atoms with Crippen molar-refractivity contribution in [3.8, 4) is 0 Å². The normalized spacial score (nSPS) is 32.1. The van der Waals surface area contributed by atoms with Crippen LogP contribution in [0.4, 0.5) is 0 Å². The van der Waals surface area contributed by atoms with Crippen LogP contribution in [-0.2, 0) is 4.79 Å². The van der Waals surface area contributed by atoms with E-state index >= 15 is 0 Å². The van der Waals surface area contributed by atoms with Gasteiger partial charge in [-0.3, -0.25) is 10.1 Å². The lowest BCUT2D eigenvalue weighted by molar-refractivity contribution is -0.146. The van der Waals surface area contributed by atoms with Crippen molar-refractivity contribution in [3.05, 3.63) is 0 Å². The Morgan fingerprint density at radius 3 is 2.00 bits per heavy atom. The number of carbonyl (C=O) groups excluding carboxylic acids is 1. The summed E-state index contributed by atoms with van der Waals surface area (Å²) in [5.41, 5.74) is -0.481. The Balaban J connectivity index is 0.00000484. The fraction of sp³-hybridized carbons (Fsp3) is 0.933. The third-order valence-electron chi connectivity index (χ3n) is 3.76. The molecule has 0 saturated carbocycles. The van der Waals surface area contributed by atoms with Gasteiger partial charge in [0.1, 0.15) is 24.4 Å². The fourth-order valence-electron chi connectivity index (χ4n) is 3.24. The van der Waals surface area contributed by atoms with Crippen LogP contribution in [0.2, 0.25) is 0 Å². The predicted octanol–water partition coefficient (Wildman–Crippen LogP) is -0.845. The summed E-state index contributed by atoms with van der Waals surface area (Å²) in [6, 6.07) is -1.95. The van der Waals surface area contributed by atoms with Crippen molar-refractivity contribution < 1.29 is 25.2 Å². The summed E-state index contributed by atoms with van der Waals surface area (Å²) in [6.07, 6.45) is -3.53. The quantitative estimate of drug-likeness (QED) is 0.391. The number of carbonyl (C=O) groups is 1. The number of piperidine rings is 1. The average Bonchev–Trinajstić information content (AvgIpc) is 2.32. The molecule has 0 aromatic heterocycles. The number of nitrogens with one attached hydrogen (secondary N) is 2. The molecular weight excluding hydrogens is 324 g/mol. The number of hydrogen-bond donors (Lipinski definition) is 6. The first kappa shape index (κ1) is 22.6.